The van der Waals surface area contributed by atoms with Crippen LogP contribution in [0, 0.1) is 5.92 Å². The van der Waals surface area contributed by atoms with E-state index in [0.717, 1.165) is 38.0 Å². The molecular formula is C20H38IN5O. The quantitative estimate of drug-likeness (QED) is 0.181. The van der Waals surface area contributed by atoms with Crippen LogP contribution in [-0.2, 0) is 17.8 Å². The van der Waals surface area contributed by atoms with E-state index in [4.69, 9.17) is 4.74 Å². The van der Waals surface area contributed by atoms with E-state index in [1.165, 1.54) is 38.5 Å². The van der Waals surface area contributed by atoms with Crippen molar-refractivity contribution in [3.05, 3.63) is 18.2 Å². The third-order valence-electron chi connectivity index (χ3n) is 4.64. The summed E-state index contributed by atoms with van der Waals surface area (Å²) in [5, 5.41) is 6.68. The second kappa shape index (κ2) is 14.2. The number of hydrogen-bond donors (Lipinski definition) is 2. The highest BCUT2D eigenvalue weighted by Gasteiger charge is 2.12. The third kappa shape index (κ3) is 9.78. The van der Waals surface area contributed by atoms with E-state index in [9.17, 15) is 0 Å². The molecule has 156 valence electrons. The number of ether oxygens (including phenoxy) is 1. The molecule has 0 aromatic carbocycles. The Morgan fingerprint density at radius 2 is 2.00 bits per heavy atom. The SMILES string of the molecule is CCNC(=NCc1nccn1CC(C)C)NCCOC1CCCCCC1.I. The summed E-state index contributed by atoms with van der Waals surface area (Å²) < 4.78 is 8.23. The van der Waals surface area contributed by atoms with Crippen molar-refractivity contribution >= 4 is 29.9 Å². The minimum absolute atomic E-state index is 0. The minimum atomic E-state index is 0. The fraction of sp³-hybridized carbons (Fsp3) is 0.800. The second-order valence-corrected chi connectivity index (χ2v) is 7.50. The Morgan fingerprint density at radius 1 is 1.26 bits per heavy atom. The molecule has 2 N–H and O–H groups in total. The smallest absolute Gasteiger partial charge is 0.191 e. The maximum atomic E-state index is 6.04. The molecular weight excluding hydrogens is 453 g/mol. The van der Waals surface area contributed by atoms with Gasteiger partial charge in [-0.25, -0.2) is 9.98 Å². The average molecular weight is 491 g/mol. The Balaban J connectivity index is 0.00000364. The third-order valence-corrected chi connectivity index (χ3v) is 4.64. The first kappa shape index (κ1) is 24.2. The monoisotopic (exact) mass is 491 g/mol. The van der Waals surface area contributed by atoms with Gasteiger partial charge in [0.1, 0.15) is 12.4 Å². The Bertz CT molecular complexity index is 524. The molecule has 0 bridgehead atoms. The second-order valence-electron chi connectivity index (χ2n) is 7.50. The van der Waals surface area contributed by atoms with E-state index < -0.39 is 0 Å². The summed E-state index contributed by atoms with van der Waals surface area (Å²) in [6.45, 7) is 10.4. The van der Waals surface area contributed by atoms with Gasteiger partial charge < -0.3 is 19.9 Å². The van der Waals surface area contributed by atoms with Crippen molar-refractivity contribution in [3.63, 3.8) is 0 Å². The Kier molecular flexibility index (Phi) is 12.7. The average Bonchev–Trinajstić information content (AvgIpc) is 2.88. The zero-order chi connectivity index (χ0) is 18.6. The fourth-order valence-electron chi connectivity index (χ4n) is 3.35. The van der Waals surface area contributed by atoms with E-state index in [0.29, 0.717) is 18.6 Å². The number of hydrogen-bond acceptors (Lipinski definition) is 3. The maximum absolute atomic E-state index is 6.04. The van der Waals surface area contributed by atoms with Crippen LogP contribution in [0.3, 0.4) is 0 Å². The molecule has 0 spiro atoms. The van der Waals surface area contributed by atoms with Gasteiger partial charge in [0.05, 0.1) is 12.7 Å². The van der Waals surface area contributed by atoms with Crippen molar-refractivity contribution in [1.29, 1.82) is 0 Å². The van der Waals surface area contributed by atoms with Crippen LogP contribution in [0.15, 0.2) is 17.4 Å². The van der Waals surface area contributed by atoms with Crippen molar-refractivity contribution in [2.75, 3.05) is 19.7 Å². The molecule has 1 aromatic heterocycles. The molecule has 0 aliphatic heterocycles. The highest BCUT2D eigenvalue weighted by molar-refractivity contribution is 14.0. The van der Waals surface area contributed by atoms with Gasteiger partial charge in [0.2, 0.25) is 0 Å². The molecule has 1 aliphatic carbocycles. The molecule has 6 nitrogen and oxygen atoms in total. The highest BCUT2D eigenvalue weighted by atomic mass is 127. The fourth-order valence-corrected chi connectivity index (χ4v) is 3.35. The van der Waals surface area contributed by atoms with Crippen molar-refractivity contribution in [2.24, 2.45) is 10.9 Å². The Morgan fingerprint density at radius 3 is 2.67 bits per heavy atom. The van der Waals surface area contributed by atoms with Gasteiger partial charge in [-0.15, -0.1) is 24.0 Å². The molecule has 1 heterocycles. The number of aliphatic imine (C=N–C) groups is 1. The molecule has 0 atom stereocenters. The predicted octanol–water partition coefficient (Wildman–Crippen LogP) is 3.95. The molecule has 1 saturated carbocycles. The van der Waals surface area contributed by atoms with Gasteiger partial charge >= 0.3 is 0 Å². The number of nitrogens with one attached hydrogen (secondary N) is 2. The summed E-state index contributed by atoms with van der Waals surface area (Å²) in [5.41, 5.74) is 0. The van der Waals surface area contributed by atoms with Gasteiger partial charge in [-0.2, -0.15) is 0 Å². The molecule has 27 heavy (non-hydrogen) atoms. The number of nitrogens with zero attached hydrogens (tertiary/aromatic N) is 3. The van der Waals surface area contributed by atoms with Gasteiger partial charge in [0, 0.05) is 32.0 Å². The number of aromatic nitrogens is 2. The van der Waals surface area contributed by atoms with E-state index in [-0.39, 0.29) is 24.0 Å². The van der Waals surface area contributed by atoms with E-state index >= 15 is 0 Å². The van der Waals surface area contributed by atoms with Crippen molar-refractivity contribution in [2.45, 2.75) is 78.5 Å². The zero-order valence-electron chi connectivity index (χ0n) is 17.2. The van der Waals surface area contributed by atoms with Crippen LogP contribution < -0.4 is 10.6 Å². The lowest BCUT2D eigenvalue weighted by Crippen LogP contribution is -2.39. The van der Waals surface area contributed by atoms with Gasteiger partial charge in [-0.3, -0.25) is 0 Å². The predicted molar refractivity (Wildman–Crippen MR) is 123 cm³/mol. The number of halogens is 1. The molecule has 1 aromatic rings. The number of guanidine groups is 1. The molecule has 0 radical (unpaired) electrons. The van der Waals surface area contributed by atoms with Crippen LogP contribution in [-0.4, -0.2) is 41.3 Å². The van der Waals surface area contributed by atoms with E-state index in [1.54, 1.807) is 0 Å². The lowest BCUT2D eigenvalue weighted by atomic mass is 10.1. The summed E-state index contributed by atoms with van der Waals surface area (Å²) in [5.74, 6) is 2.43. The molecule has 1 fully saturated rings. The van der Waals surface area contributed by atoms with Crippen molar-refractivity contribution < 1.29 is 4.74 Å². The minimum Gasteiger partial charge on any atom is -0.376 e. The normalized spacial score (nSPS) is 16.1. The Hall–Kier alpha value is -0.830. The maximum Gasteiger partial charge on any atom is 0.191 e. The standard InChI is InChI=1S/C20H37N5O.HI/c1-4-21-20(23-12-14-26-18-9-7-5-6-8-10-18)24-15-19-22-11-13-25(19)16-17(2)3;/h11,13,17-18H,4-10,12,14-16H2,1-3H3,(H2,21,23,24);1H. The topological polar surface area (TPSA) is 63.5 Å². The van der Waals surface area contributed by atoms with Crippen LogP contribution in [0.4, 0.5) is 0 Å². The van der Waals surface area contributed by atoms with Gasteiger partial charge in [0.25, 0.3) is 0 Å². The van der Waals surface area contributed by atoms with Crippen LogP contribution in [0.1, 0.15) is 65.1 Å². The molecule has 1 aliphatic rings. The van der Waals surface area contributed by atoms with Crippen molar-refractivity contribution in [1.82, 2.24) is 20.2 Å². The lowest BCUT2D eigenvalue weighted by molar-refractivity contribution is 0.0468. The molecule has 7 heteroatoms. The van der Waals surface area contributed by atoms with Gasteiger partial charge in [-0.05, 0) is 25.7 Å². The molecule has 2 rings (SSSR count). The van der Waals surface area contributed by atoms with Gasteiger partial charge in [-0.1, -0.05) is 39.5 Å². The number of rotatable bonds is 9. The van der Waals surface area contributed by atoms with E-state index in [1.807, 2.05) is 12.4 Å². The van der Waals surface area contributed by atoms with Crippen LogP contribution in [0.2, 0.25) is 0 Å². The van der Waals surface area contributed by atoms with Crippen LogP contribution in [0.25, 0.3) is 0 Å². The largest absolute Gasteiger partial charge is 0.376 e. The summed E-state index contributed by atoms with van der Waals surface area (Å²) in [6.07, 6.45) is 12.1. The highest BCUT2D eigenvalue weighted by Crippen LogP contribution is 2.19. The van der Waals surface area contributed by atoms with E-state index in [2.05, 4.69) is 45.9 Å². The summed E-state index contributed by atoms with van der Waals surface area (Å²) >= 11 is 0. The zero-order valence-corrected chi connectivity index (χ0v) is 19.6. The molecule has 0 amide bonds. The van der Waals surface area contributed by atoms with Crippen LogP contribution in [0.5, 0.6) is 0 Å². The lowest BCUT2D eigenvalue weighted by Gasteiger charge is -2.17. The van der Waals surface area contributed by atoms with Crippen molar-refractivity contribution in [3.8, 4) is 0 Å². The van der Waals surface area contributed by atoms with Crippen LogP contribution >= 0.6 is 24.0 Å². The summed E-state index contributed by atoms with van der Waals surface area (Å²) in [4.78, 5) is 9.12. The molecule has 0 saturated heterocycles. The summed E-state index contributed by atoms with van der Waals surface area (Å²) in [7, 11) is 0. The first-order valence-electron chi connectivity index (χ1n) is 10.3. The molecule has 0 unspecified atom stereocenters. The number of imidazole rings is 1. The Labute approximate surface area is 182 Å². The van der Waals surface area contributed by atoms with Gasteiger partial charge in [0.15, 0.2) is 5.96 Å². The first-order valence-corrected chi connectivity index (χ1v) is 10.3. The summed E-state index contributed by atoms with van der Waals surface area (Å²) in [6, 6.07) is 0. The first-order chi connectivity index (χ1) is 12.7.